The van der Waals surface area contributed by atoms with Crippen LogP contribution in [0.4, 0.5) is 56.1 Å². The van der Waals surface area contributed by atoms with Crippen LogP contribution in [0, 0.1) is 70.1 Å². The Labute approximate surface area is 800 Å². The number of anilines is 4. The molecule has 43 heteroatoms. The Bertz CT molecular complexity index is 7570. The summed E-state index contributed by atoms with van der Waals surface area (Å²) in [4.78, 5) is 26.6. The number of ether oxygens (including phenoxy) is 3. The number of esters is 2. The number of piperidine rings is 1. The molecule has 1 saturated heterocycles. The molecule has 5 aliphatic rings. The van der Waals surface area contributed by atoms with Gasteiger partial charge in [0.1, 0.15) is 60.7 Å². The fraction of sp³-hybridized carbons (Fsp3) is 0.312. The number of hydrogen-bond donors (Lipinski definition) is 4. The number of nitrogens with one attached hydrogen (secondary N) is 3. The van der Waals surface area contributed by atoms with E-state index >= 15 is 8.78 Å². The first-order valence-corrected chi connectivity index (χ1v) is 54.3. The average Bonchev–Trinajstić information content (AvgIpc) is 0.734. The van der Waals surface area contributed by atoms with Gasteiger partial charge in [-0.3, -0.25) is 34.8 Å². The van der Waals surface area contributed by atoms with Crippen molar-refractivity contribution in [3.63, 3.8) is 0 Å². The fourth-order valence-electron chi connectivity index (χ4n) is 15.4. The Kier molecular flexibility index (Phi) is 30.9. The van der Waals surface area contributed by atoms with E-state index in [2.05, 4.69) is 28.6 Å². The van der Waals surface area contributed by atoms with Crippen molar-refractivity contribution in [3.8, 4) is 28.2 Å². The molecule has 0 radical (unpaired) electrons. The van der Waals surface area contributed by atoms with E-state index in [1.54, 1.807) is 124 Å². The van der Waals surface area contributed by atoms with Crippen LogP contribution in [0.5, 0.6) is 5.75 Å². The van der Waals surface area contributed by atoms with Crippen LogP contribution >= 0.6 is 0 Å². The molecule has 0 spiro atoms. The second-order valence-corrected chi connectivity index (χ2v) is 49.8. The molecule has 5 N–H and O–H groups in total. The number of allylic oxidation sites excluding steroid dienone is 1. The molecule has 13 rings (SSSR count). The number of para-hydroxylation sites is 2. The topological polar surface area (TPSA) is 434 Å². The molecule has 2 aliphatic carbocycles. The monoisotopic (exact) mass is 2020 g/mol. The minimum atomic E-state index is -6.89. The molecule has 1 fully saturated rings. The van der Waals surface area contributed by atoms with Crippen molar-refractivity contribution < 1.29 is 147 Å². The Hall–Kier alpha value is -10.3. The first-order valence-electron chi connectivity index (χ1n) is 41.9. The van der Waals surface area contributed by atoms with Crippen LogP contribution in [0.1, 0.15) is 123 Å². The van der Waals surface area contributed by atoms with E-state index in [1.807, 2.05) is 71.0 Å². The largest absolute Gasteiger partial charge is 1.00 e. The Morgan fingerprint density at radius 3 is 1.69 bits per heavy atom. The summed E-state index contributed by atoms with van der Waals surface area (Å²) in [5.41, 5.74) is 2.80. The van der Waals surface area contributed by atoms with Crippen molar-refractivity contribution in [2.75, 3.05) is 42.8 Å². The minimum absolute atomic E-state index is 0. The van der Waals surface area contributed by atoms with E-state index in [0.29, 0.717) is 79.5 Å². The number of fused-ring (bicyclic) bond motifs is 4. The summed E-state index contributed by atoms with van der Waals surface area (Å²) in [7, 11) is -42.9. The number of quaternary nitrogens is 1. The number of sulfonamides is 5. The molecule has 136 heavy (non-hydrogen) atoms. The van der Waals surface area contributed by atoms with Crippen LogP contribution in [0.3, 0.4) is 0 Å². The van der Waals surface area contributed by atoms with Gasteiger partial charge in [0.25, 0.3) is 0 Å². The van der Waals surface area contributed by atoms with Gasteiger partial charge < -0.3 is 42.8 Å². The van der Waals surface area contributed by atoms with E-state index in [1.165, 1.54) is 75.3 Å². The molecule has 1 atom stereocenters. The molecular weight excluding hydrogens is 1930 g/mol. The number of halogens is 5. The molecule has 29 nitrogen and oxygen atoms in total. The second-order valence-electron chi connectivity index (χ2n) is 34.4. The summed E-state index contributed by atoms with van der Waals surface area (Å²) in [6.07, 6.45) is 6.67. The van der Waals surface area contributed by atoms with E-state index in [4.69, 9.17) is 13.9 Å². The molecular formula is C93H99F5LiN7O22S8. The molecule has 8 aromatic rings. The van der Waals surface area contributed by atoms with Crippen molar-refractivity contribution in [1.82, 2.24) is 4.31 Å². The zero-order valence-electron chi connectivity index (χ0n) is 77.0. The summed E-state index contributed by atoms with van der Waals surface area (Å²) >= 11 is 0. The van der Waals surface area contributed by atoms with E-state index in [9.17, 15) is 90.1 Å². The molecule has 0 bridgehead atoms. The number of benzene rings is 9. The van der Waals surface area contributed by atoms with Crippen LogP contribution in [0.15, 0.2) is 217 Å². The molecule has 3 aliphatic heterocycles. The van der Waals surface area contributed by atoms with Gasteiger partial charge in [0.2, 0.25) is 21.1 Å². The van der Waals surface area contributed by atoms with Crippen molar-refractivity contribution in [2.24, 2.45) is 10.8 Å². The molecule has 1 unspecified atom stereocenters. The number of aryl methyl sites for hydroxylation is 7. The van der Waals surface area contributed by atoms with Crippen molar-refractivity contribution in [2.45, 2.75) is 165 Å². The van der Waals surface area contributed by atoms with E-state index < -0.39 is 140 Å². The fourth-order valence-corrected chi connectivity index (χ4v) is 28.8. The number of rotatable bonds is 29. The molecule has 0 saturated carbocycles. The summed E-state index contributed by atoms with van der Waals surface area (Å²) in [6.45, 7) is 22.0. The van der Waals surface area contributed by atoms with E-state index in [-0.39, 0.29) is 124 Å². The SMILES string of the molecule is CCC(C)(C)C(=O)OC1CCN(S(=O)(=O)c2ccccc2C2=C3C=CC([NH2+]c4c(C)ccc(S(=O)(=O)[N-]S(C)(=O)=O)c4C)C=C3Oc3cc(Nc4c(C)cc(S(=O)(=O)[C-](S(C)(=O)=O)S(=O)(=O)C(F)(F)F)cc4C)ccc32)CC1.CCC(C)(C)C(=O)OCC(F)(F)S(=O)(=O)[N-]S(=O)(=O)c1ccccc1-c1c2ccc(=[NH+]c3c(C)cccc3C)cc-2oc2cc(Nc3c(C)cccc3C)ccc12.[Li+]. The van der Waals surface area contributed by atoms with Crippen LogP contribution in [-0.4, -0.2) is 139 Å². The Morgan fingerprint density at radius 1 is 0.574 bits per heavy atom. The van der Waals surface area contributed by atoms with Gasteiger partial charge >= 0.3 is 41.6 Å². The van der Waals surface area contributed by atoms with Crippen LogP contribution in [0.25, 0.3) is 47.2 Å². The van der Waals surface area contributed by atoms with Gasteiger partial charge in [0, 0.05) is 144 Å². The van der Waals surface area contributed by atoms with Crippen LogP contribution in [0.2, 0.25) is 0 Å². The van der Waals surface area contributed by atoms with E-state index in [0.717, 1.165) is 51.8 Å². The number of alkyl halides is 5. The molecule has 0 amide bonds. The third-order valence-electron chi connectivity index (χ3n) is 23.4. The normalized spacial score (nSPS) is 15.4. The van der Waals surface area contributed by atoms with Gasteiger partial charge in [0.05, 0.1) is 65.2 Å². The molecule has 0 aromatic heterocycles. The molecule has 3 heterocycles. The number of carbonyl (C=O) groups is 2. The molecule has 722 valence electrons. The third kappa shape index (κ3) is 22.3. The quantitative estimate of drug-likeness (QED) is 0.00844. The molecule has 8 aromatic carbocycles. The number of sulfone groups is 3. The van der Waals surface area contributed by atoms with Crippen LogP contribution < -0.4 is 49.9 Å². The van der Waals surface area contributed by atoms with Gasteiger partial charge in [0.15, 0.2) is 26.5 Å². The number of hydrogen-bond acceptors (Lipinski definition) is 24. The minimum Gasteiger partial charge on any atom is -0.462 e. The first-order chi connectivity index (χ1) is 62.6. The maximum atomic E-state index is 15.2. The van der Waals surface area contributed by atoms with Gasteiger partial charge in [-0.2, -0.15) is 26.3 Å². The first kappa shape index (κ1) is 106. The Balaban J connectivity index is 0.000000272. The van der Waals surface area contributed by atoms with Gasteiger partial charge in [-0.25, -0.2) is 47.1 Å². The summed E-state index contributed by atoms with van der Waals surface area (Å²) in [6, 6.07) is 42.7. The summed E-state index contributed by atoms with van der Waals surface area (Å²) in [5.74, 6) is -0.716. The maximum absolute atomic E-state index is 15.2. The zero-order chi connectivity index (χ0) is 99.6. The van der Waals surface area contributed by atoms with Gasteiger partial charge in [-0.15, -0.1) is 0 Å². The standard InChI is InChI=1S/C50H55F3N4O15S6.C43H42F2N3O7S2.Li/c1-10-49(6,7)47(58)71-35-21-23-57(24-22-35)78(69,70)43-14-12-11-13-39(43)44-37-18-16-33(54-45-30(3)25-36(26-31(45)4)75(63,64)48(73(8,59)60)76(65,66)50(51,52)53)27-40(37)72-41-28-34(17-19-38(41)44)55-46-29(2)15-20-42(32(46)5)77(67,68)56-74(9,61)62;1-8-42(6,7)41(49)54-25-43(44,45)57(52,53)48-56(50,51)37-18-10-9-17-34(37)38-32-21-19-30(46-39-26(2)13-11-14-27(39)3)23-35(32)55-36-24-31(20-22-33(36)38)47-40-28(4)15-12-16-29(40)5;/h11-20,25-28,34-35,54-55H,10,21-24H2,1-9H3;9-24H,8,25H2,1-7H3,(H,46,47);/q-2;-1;+1/p+2. The smallest absolute Gasteiger partial charge is 0.462 e. The van der Waals surface area contributed by atoms with Gasteiger partial charge in [-0.05, 0) is 204 Å². The van der Waals surface area contributed by atoms with Crippen molar-refractivity contribution >= 4 is 142 Å². The van der Waals surface area contributed by atoms with Crippen LogP contribution in [-0.2, 0) is 98.7 Å². The van der Waals surface area contributed by atoms with Crippen molar-refractivity contribution in [3.05, 3.63) is 267 Å². The Morgan fingerprint density at radius 2 is 1.11 bits per heavy atom. The number of carbonyl (C=O) groups excluding carboxylic acids is 2. The number of nitrogens with zero attached hydrogens (tertiary/aromatic N) is 3. The predicted molar refractivity (Wildman–Crippen MR) is 501 cm³/mol. The summed E-state index contributed by atoms with van der Waals surface area (Å²) < 4.78 is 310. The number of nitrogens with two attached hydrogens (primary N) is 1. The van der Waals surface area contributed by atoms with Gasteiger partial charge in [-0.1, -0.05) is 92.7 Å². The summed E-state index contributed by atoms with van der Waals surface area (Å²) in [5, 5.41) is 4.57. The third-order valence-corrected chi connectivity index (χ3v) is 39.0. The van der Waals surface area contributed by atoms with Crippen molar-refractivity contribution in [1.29, 1.82) is 0 Å². The zero-order valence-corrected chi connectivity index (χ0v) is 83.5. The predicted octanol–water partition coefficient (Wildman–Crippen LogP) is 12.4. The maximum Gasteiger partial charge on any atom is 1.00 e. The average molecular weight is 2030 g/mol. The second kappa shape index (κ2) is 39.5.